The maximum absolute atomic E-state index is 10.8. The second-order valence-corrected chi connectivity index (χ2v) is 3.90. The number of hydrogen-bond acceptors (Lipinski definition) is 3. The van der Waals surface area contributed by atoms with Crippen LogP contribution >= 0.6 is 0 Å². The van der Waals surface area contributed by atoms with Crippen LogP contribution in [0.4, 0.5) is 0 Å². The Bertz CT molecular complexity index is 390. The molecule has 1 aromatic carbocycles. The normalized spacial score (nSPS) is 14.5. The van der Waals surface area contributed by atoms with Gasteiger partial charge in [-0.15, -0.1) is 0 Å². The number of aromatic carboxylic acids is 1. The summed E-state index contributed by atoms with van der Waals surface area (Å²) >= 11 is 0. The van der Waals surface area contributed by atoms with Gasteiger partial charge < -0.3 is 15.5 Å². The molecular weight excluding hydrogens is 206 g/mol. The van der Waals surface area contributed by atoms with Gasteiger partial charge in [-0.05, 0) is 38.1 Å². The van der Waals surface area contributed by atoms with E-state index < -0.39 is 12.1 Å². The van der Waals surface area contributed by atoms with Crippen molar-refractivity contribution in [1.82, 2.24) is 5.32 Å². The summed E-state index contributed by atoms with van der Waals surface area (Å²) in [6, 6.07) is 4.81. The van der Waals surface area contributed by atoms with Gasteiger partial charge in [0.2, 0.25) is 0 Å². The van der Waals surface area contributed by atoms with Crippen LogP contribution in [0.1, 0.15) is 34.5 Å². The van der Waals surface area contributed by atoms with Crippen molar-refractivity contribution in [3.63, 3.8) is 0 Å². The van der Waals surface area contributed by atoms with Crippen LogP contribution in [0.25, 0.3) is 0 Å². The molecule has 0 bridgehead atoms. The molecule has 2 atom stereocenters. The zero-order valence-corrected chi connectivity index (χ0v) is 9.69. The summed E-state index contributed by atoms with van der Waals surface area (Å²) in [6.45, 7) is 3.59. The highest BCUT2D eigenvalue weighted by atomic mass is 16.4. The lowest BCUT2D eigenvalue weighted by molar-refractivity contribution is 0.0695. The molecule has 1 rings (SSSR count). The Morgan fingerprint density at radius 1 is 1.44 bits per heavy atom. The van der Waals surface area contributed by atoms with Gasteiger partial charge in [0.1, 0.15) is 0 Å². The summed E-state index contributed by atoms with van der Waals surface area (Å²) in [5.74, 6) is -0.944. The number of aliphatic hydroxyl groups is 1. The first-order chi connectivity index (χ1) is 7.47. The number of likely N-dealkylation sites (N-methyl/N-ethyl adjacent to an activating group) is 1. The number of benzene rings is 1. The molecule has 2 unspecified atom stereocenters. The Hall–Kier alpha value is -1.39. The summed E-state index contributed by atoms with van der Waals surface area (Å²) in [6.07, 6.45) is -0.633. The van der Waals surface area contributed by atoms with Gasteiger partial charge in [0.25, 0.3) is 0 Å². The average Bonchev–Trinajstić information content (AvgIpc) is 2.26. The fourth-order valence-corrected chi connectivity index (χ4v) is 1.56. The Morgan fingerprint density at radius 2 is 2.06 bits per heavy atom. The zero-order chi connectivity index (χ0) is 12.3. The molecule has 3 N–H and O–H groups in total. The van der Waals surface area contributed by atoms with Crippen molar-refractivity contribution in [2.24, 2.45) is 0 Å². The second kappa shape index (κ2) is 5.09. The molecule has 0 saturated heterocycles. The molecule has 4 nitrogen and oxygen atoms in total. The standard InChI is InChI=1S/C12H17NO3/c1-7-6-9(11(14)8(2)13-3)4-5-10(7)12(15)16/h4-6,8,11,13-14H,1-3H3,(H,15,16). The van der Waals surface area contributed by atoms with Gasteiger partial charge in [-0.2, -0.15) is 0 Å². The van der Waals surface area contributed by atoms with Gasteiger partial charge in [-0.25, -0.2) is 4.79 Å². The lowest BCUT2D eigenvalue weighted by atomic mass is 9.98. The Balaban J connectivity index is 3.01. The van der Waals surface area contributed by atoms with Crippen LogP contribution in [0, 0.1) is 6.92 Å². The van der Waals surface area contributed by atoms with Gasteiger partial charge in [0.05, 0.1) is 11.7 Å². The van der Waals surface area contributed by atoms with E-state index in [9.17, 15) is 9.90 Å². The minimum Gasteiger partial charge on any atom is -0.478 e. The molecule has 0 aliphatic heterocycles. The van der Waals surface area contributed by atoms with Crippen LogP contribution in [-0.4, -0.2) is 29.3 Å². The predicted octanol–water partition coefficient (Wildman–Crippen LogP) is 1.33. The summed E-state index contributed by atoms with van der Waals surface area (Å²) in [5.41, 5.74) is 1.66. The number of carboxylic acid groups (broad SMARTS) is 1. The van der Waals surface area contributed by atoms with Crippen molar-refractivity contribution in [3.8, 4) is 0 Å². The summed E-state index contributed by atoms with van der Waals surface area (Å²) in [4.78, 5) is 10.8. The molecule has 16 heavy (non-hydrogen) atoms. The predicted molar refractivity (Wildman–Crippen MR) is 61.6 cm³/mol. The highest BCUT2D eigenvalue weighted by Crippen LogP contribution is 2.20. The number of carboxylic acids is 1. The molecule has 0 saturated carbocycles. The van der Waals surface area contributed by atoms with Crippen molar-refractivity contribution >= 4 is 5.97 Å². The smallest absolute Gasteiger partial charge is 0.335 e. The van der Waals surface area contributed by atoms with E-state index >= 15 is 0 Å². The lowest BCUT2D eigenvalue weighted by Crippen LogP contribution is -2.28. The number of hydrogen-bond donors (Lipinski definition) is 3. The first-order valence-corrected chi connectivity index (χ1v) is 5.16. The van der Waals surface area contributed by atoms with Crippen molar-refractivity contribution in [2.75, 3.05) is 7.05 Å². The molecule has 4 heteroatoms. The van der Waals surface area contributed by atoms with Gasteiger partial charge in [0.15, 0.2) is 0 Å². The van der Waals surface area contributed by atoms with Gasteiger partial charge in [0, 0.05) is 6.04 Å². The summed E-state index contributed by atoms with van der Waals surface area (Å²) < 4.78 is 0. The second-order valence-electron chi connectivity index (χ2n) is 3.90. The molecule has 0 aromatic heterocycles. The molecule has 1 aromatic rings. The average molecular weight is 223 g/mol. The van der Waals surface area contributed by atoms with Gasteiger partial charge >= 0.3 is 5.97 Å². The maximum atomic E-state index is 10.8. The van der Waals surface area contributed by atoms with E-state index in [1.807, 2.05) is 6.92 Å². The molecule has 0 spiro atoms. The van der Waals surface area contributed by atoms with Gasteiger partial charge in [-0.3, -0.25) is 0 Å². The van der Waals surface area contributed by atoms with Crippen molar-refractivity contribution in [2.45, 2.75) is 26.0 Å². The largest absolute Gasteiger partial charge is 0.478 e. The SMILES string of the molecule is CNC(C)C(O)c1ccc(C(=O)O)c(C)c1. The van der Waals surface area contributed by atoms with Crippen LogP contribution in [0.3, 0.4) is 0 Å². The van der Waals surface area contributed by atoms with Crippen molar-refractivity contribution in [3.05, 3.63) is 34.9 Å². The summed E-state index contributed by atoms with van der Waals surface area (Å²) in [5, 5.41) is 21.8. The number of carbonyl (C=O) groups is 1. The Morgan fingerprint density at radius 3 is 2.50 bits per heavy atom. The molecular formula is C12H17NO3. The van der Waals surface area contributed by atoms with E-state index in [1.165, 1.54) is 6.07 Å². The third-order valence-electron chi connectivity index (χ3n) is 2.75. The van der Waals surface area contributed by atoms with Crippen LogP contribution in [0.15, 0.2) is 18.2 Å². The minimum absolute atomic E-state index is 0.0740. The van der Waals surface area contributed by atoms with Crippen LogP contribution in [-0.2, 0) is 0 Å². The topological polar surface area (TPSA) is 69.6 Å². The molecule has 0 fully saturated rings. The molecule has 0 amide bonds. The van der Waals surface area contributed by atoms with E-state index in [-0.39, 0.29) is 11.6 Å². The van der Waals surface area contributed by atoms with Gasteiger partial charge in [-0.1, -0.05) is 12.1 Å². The van der Waals surface area contributed by atoms with E-state index in [0.29, 0.717) is 5.56 Å². The molecule has 0 radical (unpaired) electrons. The molecule has 0 heterocycles. The van der Waals surface area contributed by atoms with Crippen molar-refractivity contribution in [1.29, 1.82) is 0 Å². The first kappa shape index (κ1) is 12.7. The fraction of sp³-hybridized carbons (Fsp3) is 0.417. The number of aliphatic hydroxyl groups excluding tert-OH is 1. The van der Waals surface area contributed by atoms with Crippen LogP contribution in [0.2, 0.25) is 0 Å². The van der Waals surface area contributed by atoms with Crippen LogP contribution in [0.5, 0.6) is 0 Å². The Labute approximate surface area is 94.9 Å². The lowest BCUT2D eigenvalue weighted by Gasteiger charge is -2.19. The number of nitrogens with one attached hydrogen (secondary N) is 1. The minimum atomic E-state index is -0.944. The molecule has 0 aliphatic rings. The number of rotatable bonds is 4. The zero-order valence-electron chi connectivity index (χ0n) is 9.69. The quantitative estimate of drug-likeness (QED) is 0.720. The monoisotopic (exact) mass is 223 g/mol. The maximum Gasteiger partial charge on any atom is 0.335 e. The van der Waals surface area contributed by atoms with E-state index in [4.69, 9.17) is 5.11 Å². The molecule has 0 aliphatic carbocycles. The molecule has 88 valence electrons. The fourth-order valence-electron chi connectivity index (χ4n) is 1.56. The Kier molecular flexibility index (Phi) is 4.04. The van der Waals surface area contributed by atoms with E-state index in [1.54, 1.807) is 26.1 Å². The first-order valence-electron chi connectivity index (χ1n) is 5.16. The third-order valence-corrected chi connectivity index (χ3v) is 2.75. The van der Waals surface area contributed by atoms with E-state index in [2.05, 4.69) is 5.32 Å². The van der Waals surface area contributed by atoms with Crippen molar-refractivity contribution < 1.29 is 15.0 Å². The number of aryl methyl sites for hydroxylation is 1. The highest BCUT2D eigenvalue weighted by Gasteiger charge is 2.16. The van der Waals surface area contributed by atoms with Crippen LogP contribution < -0.4 is 5.32 Å². The highest BCUT2D eigenvalue weighted by molar-refractivity contribution is 5.89. The third kappa shape index (κ3) is 2.59. The summed E-state index contributed by atoms with van der Waals surface area (Å²) in [7, 11) is 1.77. The van der Waals surface area contributed by atoms with E-state index in [0.717, 1.165) is 5.56 Å².